The molecule has 1 heterocycles. The van der Waals surface area contributed by atoms with Crippen molar-refractivity contribution in [3.8, 4) is 11.5 Å². The number of fused-ring (bicyclic) bond motifs is 1. The number of carbonyl (C=O) groups excluding carboxylic acids is 1. The number of carbonyl (C=O) groups is 1. The number of ether oxygens (including phenoxy) is 2. The number of nitrogens with one attached hydrogen (secondary N) is 1. The first-order valence-electron chi connectivity index (χ1n) is 8.95. The van der Waals surface area contributed by atoms with Crippen molar-refractivity contribution >= 4 is 29.3 Å². The fourth-order valence-corrected chi connectivity index (χ4v) is 4.20. The predicted octanol–water partition coefficient (Wildman–Crippen LogP) is 5.14. The molecule has 1 amide bonds. The molecule has 0 unspecified atom stereocenters. The Balaban J connectivity index is 1.63. The number of hydrogen-bond acceptors (Lipinski definition) is 4. The van der Waals surface area contributed by atoms with Crippen molar-refractivity contribution in [2.75, 3.05) is 12.9 Å². The highest BCUT2D eigenvalue weighted by atomic mass is 35.5. The van der Waals surface area contributed by atoms with Crippen molar-refractivity contribution in [1.29, 1.82) is 0 Å². The third-order valence-electron chi connectivity index (χ3n) is 4.52. The summed E-state index contributed by atoms with van der Waals surface area (Å²) in [6.07, 6.45) is 0.648. The molecule has 0 saturated heterocycles. The van der Waals surface area contributed by atoms with E-state index >= 15 is 0 Å². The van der Waals surface area contributed by atoms with Gasteiger partial charge in [-0.2, -0.15) is 0 Å². The molecule has 2 aromatic carbocycles. The van der Waals surface area contributed by atoms with Gasteiger partial charge in [0.05, 0.1) is 18.9 Å². The molecular formula is C21H23ClFNO3S. The van der Waals surface area contributed by atoms with E-state index in [1.54, 1.807) is 19.2 Å². The number of methoxy groups -OCH3 is 1. The van der Waals surface area contributed by atoms with Gasteiger partial charge in [-0.1, -0.05) is 17.7 Å². The molecule has 1 atom stereocenters. The molecule has 0 radical (unpaired) electrons. The van der Waals surface area contributed by atoms with Gasteiger partial charge in [0.2, 0.25) is 5.91 Å². The van der Waals surface area contributed by atoms with Crippen LogP contribution in [0.1, 0.15) is 37.4 Å². The van der Waals surface area contributed by atoms with E-state index in [4.69, 9.17) is 21.1 Å². The lowest BCUT2D eigenvalue weighted by atomic mass is 9.89. The zero-order valence-corrected chi connectivity index (χ0v) is 17.6. The second kappa shape index (κ2) is 8.62. The minimum atomic E-state index is -0.390. The van der Waals surface area contributed by atoms with Crippen LogP contribution in [0, 0.1) is 5.82 Å². The van der Waals surface area contributed by atoms with E-state index in [0.717, 1.165) is 11.3 Å². The maximum absolute atomic E-state index is 13.8. The molecule has 1 aliphatic rings. The van der Waals surface area contributed by atoms with E-state index in [1.807, 2.05) is 32.0 Å². The van der Waals surface area contributed by atoms with Crippen LogP contribution in [0.2, 0.25) is 5.02 Å². The summed E-state index contributed by atoms with van der Waals surface area (Å²) in [6, 6.07) is 10.0. The number of amides is 1. The van der Waals surface area contributed by atoms with Crippen LogP contribution < -0.4 is 14.8 Å². The Morgan fingerprint density at radius 1 is 1.36 bits per heavy atom. The predicted molar refractivity (Wildman–Crippen MR) is 111 cm³/mol. The highest BCUT2D eigenvalue weighted by Crippen LogP contribution is 2.41. The van der Waals surface area contributed by atoms with E-state index in [2.05, 4.69) is 5.32 Å². The summed E-state index contributed by atoms with van der Waals surface area (Å²) in [4.78, 5) is 12.5. The molecule has 150 valence electrons. The Morgan fingerprint density at radius 2 is 2.14 bits per heavy atom. The van der Waals surface area contributed by atoms with E-state index in [9.17, 15) is 9.18 Å². The lowest BCUT2D eigenvalue weighted by Gasteiger charge is -2.38. The van der Waals surface area contributed by atoms with Gasteiger partial charge < -0.3 is 14.8 Å². The van der Waals surface area contributed by atoms with Gasteiger partial charge in [-0.3, -0.25) is 4.79 Å². The Morgan fingerprint density at radius 3 is 2.86 bits per heavy atom. The second-order valence-corrected chi connectivity index (χ2v) is 8.74. The van der Waals surface area contributed by atoms with Crippen LogP contribution in [0.4, 0.5) is 4.39 Å². The first-order valence-corrected chi connectivity index (χ1v) is 10.5. The zero-order valence-electron chi connectivity index (χ0n) is 16.1. The van der Waals surface area contributed by atoms with E-state index in [-0.39, 0.29) is 29.1 Å². The van der Waals surface area contributed by atoms with E-state index in [1.165, 1.54) is 17.8 Å². The molecule has 0 aliphatic carbocycles. The molecule has 0 aromatic heterocycles. The summed E-state index contributed by atoms with van der Waals surface area (Å²) < 4.78 is 25.2. The van der Waals surface area contributed by atoms with E-state index < -0.39 is 0 Å². The lowest BCUT2D eigenvalue weighted by molar-refractivity contribution is -0.119. The van der Waals surface area contributed by atoms with Crippen LogP contribution in [0.5, 0.6) is 11.5 Å². The van der Waals surface area contributed by atoms with Crippen LogP contribution in [0.15, 0.2) is 36.4 Å². The molecule has 0 saturated carbocycles. The zero-order chi connectivity index (χ0) is 20.3. The molecule has 0 fully saturated rings. The molecule has 0 spiro atoms. The van der Waals surface area contributed by atoms with Gasteiger partial charge in [0.1, 0.15) is 22.9 Å². The van der Waals surface area contributed by atoms with Crippen molar-refractivity contribution in [3.63, 3.8) is 0 Å². The van der Waals surface area contributed by atoms with Crippen LogP contribution in [0.25, 0.3) is 0 Å². The SMILES string of the molecule is COc1ccc2c(c1)[C@H](NC(=O)CSCc1ccc(Cl)cc1F)CC(C)(C)O2. The minimum absolute atomic E-state index is 0.101. The van der Waals surface area contributed by atoms with Crippen molar-refractivity contribution in [1.82, 2.24) is 5.32 Å². The molecule has 7 heteroatoms. The molecule has 3 rings (SSSR count). The Labute approximate surface area is 173 Å². The Kier molecular flexibility index (Phi) is 6.40. The van der Waals surface area contributed by atoms with Gasteiger partial charge in [0.25, 0.3) is 0 Å². The van der Waals surface area contributed by atoms with Gasteiger partial charge in [-0.05, 0) is 49.7 Å². The fourth-order valence-electron chi connectivity index (χ4n) is 3.22. The number of benzene rings is 2. The monoisotopic (exact) mass is 423 g/mol. The Hall–Kier alpha value is -1.92. The van der Waals surface area contributed by atoms with Gasteiger partial charge in [-0.25, -0.2) is 4.39 Å². The Bertz CT molecular complexity index is 875. The first kappa shape index (κ1) is 20.8. The average molecular weight is 424 g/mol. The molecule has 28 heavy (non-hydrogen) atoms. The number of thioether (sulfide) groups is 1. The van der Waals surface area contributed by atoms with Gasteiger partial charge in [-0.15, -0.1) is 11.8 Å². The van der Waals surface area contributed by atoms with E-state index in [0.29, 0.717) is 28.5 Å². The van der Waals surface area contributed by atoms with Crippen molar-refractivity contribution < 1.29 is 18.7 Å². The van der Waals surface area contributed by atoms with Gasteiger partial charge in [0, 0.05) is 22.8 Å². The quantitative estimate of drug-likeness (QED) is 0.698. The molecule has 1 aliphatic heterocycles. The molecule has 4 nitrogen and oxygen atoms in total. The summed E-state index contributed by atoms with van der Waals surface area (Å²) >= 11 is 7.13. The summed E-state index contributed by atoms with van der Waals surface area (Å²) in [5.41, 5.74) is 1.05. The van der Waals surface area contributed by atoms with Crippen molar-refractivity contribution in [2.45, 2.75) is 37.7 Å². The number of halogens is 2. The maximum Gasteiger partial charge on any atom is 0.230 e. The third kappa shape index (κ3) is 5.11. The van der Waals surface area contributed by atoms with Crippen LogP contribution in [0.3, 0.4) is 0 Å². The largest absolute Gasteiger partial charge is 0.497 e. The maximum atomic E-state index is 13.8. The van der Waals surface area contributed by atoms with Crippen LogP contribution in [-0.4, -0.2) is 24.4 Å². The van der Waals surface area contributed by atoms with Crippen LogP contribution in [-0.2, 0) is 10.5 Å². The van der Waals surface area contributed by atoms with Crippen molar-refractivity contribution in [3.05, 3.63) is 58.4 Å². The second-order valence-electron chi connectivity index (χ2n) is 7.32. The number of hydrogen-bond donors (Lipinski definition) is 1. The van der Waals surface area contributed by atoms with Crippen molar-refractivity contribution in [2.24, 2.45) is 0 Å². The number of rotatable bonds is 6. The highest BCUT2D eigenvalue weighted by molar-refractivity contribution is 7.99. The fraction of sp³-hybridized carbons (Fsp3) is 0.381. The highest BCUT2D eigenvalue weighted by Gasteiger charge is 2.34. The summed E-state index contributed by atoms with van der Waals surface area (Å²) in [6.45, 7) is 3.99. The first-order chi connectivity index (χ1) is 13.3. The average Bonchev–Trinajstić information content (AvgIpc) is 2.62. The summed E-state index contributed by atoms with van der Waals surface area (Å²) in [5, 5.41) is 3.44. The lowest BCUT2D eigenvalue weighted by Crippen LogP contribution is -2.41. The van der Waals surface area contributed by atoms with Gasteiger partial charge >= 0.3 is 0 Å². The smallest absolute Gasteiger partial charge is 0.230 e. The molecule has 2 aromatic rings. The summed E-state index contributed by atoms with van der Waals surface area (Å²) in [5.74, 6) is 1.65. The molecular weight excluding hydrogens is 401 g/mol. The van der Waals surface area contributed by atoms with Gasteiger partial charge in [0.15, 0.2) is 0 Å². The topological polar surface area (TPSA) is 47.6 Å². The molecule has 1 N–H and O–H groups in total. The normalized spacial score (nSPS) is 17.4. The summed E-state index contributed by atoms with van der Waals surface area (Å²) in [7, 11) is 1.61. The van der Waals surface area contributed by atoms with Crippen LogP contribution >= 0.6 is 23.4 Å². The third-order valence-corrected chi connectivity index (χ3v) is 5.73. The molecule has 0 bridgehead atoms. The standard InChI is InChI=1S/C21H23ClFNO3S/c1-21(2)10-18(16-9-15(26-3)6-7-19(16)27-21)24-20(25)12-28-11-13-4-5-14(22)8-17(13)23/h4-9,18H,10-12H2,1-3H3,(H,24,25)/t18-/m1/s1. The minimum Gasteiger partial charge on any atom is -0.497 e.